The van der Waals surface area contributed by atoms with Crippen molar-refractivity contribution in [1.82, 2.24) is 4.98 Å². The Kier molecular flexibility index (Phi) is 4.02. The van der Waals surface area contributed by atoms with Crippen molar-refractivity contribution in [3.63, 3.8) is 0 Å². The van der Waals surface area contributed by atoms with E-state index in [1.54, 1.807) is 18.5 Å². The van der Waals surface area contributed by atoms with Crippen LogP contribution in [0.25, 0.3) is 0 Å². The van der Waals surface area contributed by atoms with Crippen molar-refractivity contribution in [3.8, 4) is 0 Å². The topological polar surface area (TPSA) is 66.0 Å². The second-order valence-corrected chi connectivity index (χ2v) is 4.67. The molecule has 19 heavy (non-hydrogen) atoms. The molecule has 0 spiro atoms. The number of hydrogen-bond acceptors (Lipinski definition) is 3. The van der Waals surface area contributed by atoms with Gasteiger partial charge in [0.2, 0.25) is 0 Å². The molecule has 0 saturated carbocycles. The number of hydrogen-bond donors (Lipinski definition) is 2. The fourth-order valence-electron chi connectivity index (χ4n) is 1.94. The molecule has 2 rings (SSSR count). The van der Waals surface area contributed by atoms with E-state index in [-0.39, 0.29) is 5.84 Å². The third-order valence-electron chi connectivity index (χ3n) is 2.84. The maximum atomic E-state index is 7.65. The quantitative estimate of drug-likeness (QED) is 0.665. The number of halogens is 1. The van der Waals surface area contributed by atoms with Gasteiger partial charge in [0.05, 0.1) is 10.6 Å². The summed E-state index contributed by atoms with van der Waals surface area (Å²) < 4.78 is 0. The molecule has 0 aliphatic rings. The first-order valence-electron chi connectivity index (χ1n) is 5.82. The molecule has 0 unspecified atom stereocenters. The van der Waals surface area contributed by atoms with Gasteiger partial charge in [-0.15, -0.1) is 0 Å². The number of benzene rings is 1. The molecule has 1 aromatic heterocycles. The first-order valence-corrected chi connectivity index (χ1v) is 6.20. The zero-order valence-electron chi connectivity index (χ0n) is 10.6. The number of amidine groups is 1. The first-order chi connectivity index (χ1) is 9.09. The third kappa shape index (κ3) is 3.03. The summed E-state index contributed by atoms with van der Waals surface area (Å²) in [6.45, 7) is 0.698. The van der Waals surface area contributed by atoms with E-state index < -0.39 is 0 Å². The van der Waals surface area contributed by atoms with Crippen LogP contribution < -0.4 is 10.6 Å². The highest BCUT2D eigenvalue weighted by Gasteiger charge is 2.13. The smallest absolute Gasteiger partial charge is 0.126 e. The van der Waals surface area contributed by atoms with Gasteiger partial charge in [-0.2, -0.15) is 0 Å². The molecule has 3 N–H and O–H groups in total. The summed E-state index contributed by atoms with van der Waals surface area (Å²) >= 11 is 6.11. The Morgan fingerprint density at radius 1 is 1.32 bits per heavy atom. The Hall–Kier alpha value is -2.07. The fraction of sp³-hybridized carbons (Fsp3) is 0.143. The van der Waals surface area contributed by atoms with Crippen LogP contribution in [0.3, 0.4) is 0 Å². The second-order valence-electron chi connectivity index (χ2n) is 4.26. The molecule has 0 amide bonds. The SMILES string of the molecule is CN(Cc1ccncc1)c1cccc(Cl)c1C(=N)N. The molecule has 0 bridgehead atoms. The highest BCUT2D eigenvalue weighted by atomic mass is 35.5. The molecular weight excluding hydrogens is 260 g/mol. The van der Waals surface area contributed by atoms with E-state index in [0.29, 0.717) is 17.1 Å². The van der Waals surface area contributed by atoms with Crippen LogP contribution in [0.2, 0.25) is 5.02 Å². The van der Waals surface area contributed by atoms with E-state index in [2.05, 4.69) is 4.98 Å². The Morgan fingerprint density at radius 2 is 2.00 bits per heavy atom. The summed E-state index contributed by atoms with van der Waals surface area (Å²) in [6.07, 6.45) is 3.51. The number of nitrogens with zero attached hydrogens (tertiary/aromatic N) is 2. The van der Waals surface area contributed by atoms with Crippen LogP contribution in [0.15, 0.2) is 42.7 Å². The van der Waals surface area contributed by atoms with E-state index >= 15 is 0 Å². The molecule has 4 nitrogen and oxygen atoms in total. The molecule has 0 aliphatic heterocycles. The van der Waals surface area contributed by atoms with Gasteiger partial charge in [-0.25, -0.2) is 0 Å². The lowest BCUT2D eigenvalue weighted by atomic mass is 10.1. The highest BCUT2D eigenvalue weighted by Crippen LogP contribution is 2.27. The molecule has 1 heterocycles. The predicted octanol–water partition coefficient (Wildman–Crippen LogP) is 2.66. The lowest BCUT2D eigenvalue weighted by molar-refractivity contribution is 0.918. The first kappa shape index (κ1) is 13.4. The zero-order valence-corrected chi connectivity index (χ0v) is 11.4. The summed E-state index contributed by atoms with van der Waals surface area (Å²) in [4.78, 5) is 6.00. The van der Waals surface area contributed by atoms with Crippen LogP contribution in [-0.4, -0.2) is 17.9 Å². The Labute approximate surface area is 117 Å². The zero-order chi connectivity index (χ0) is 13.8. The summed E-state index contributed by atoms with van der Waals surface area (Å²) in [7, 11) is 1.94. The minimum Gasteiger partial charge on any atom is -0.384 e. The second kappa shape index (κ2) is 5.71. The van der Waals surface area contributed by atoms with Crippen LogP contribution in [-0.2, 0) is 6.54 Å². The normalized spacial score (nSPS) is 10.2. The van der Waals surface area contributed by atoms with Gasteiger partial charge in [-0.05, 0) is 29.8 Å². The molecule has 0 fully saturated rings. The molecule has 0 radical (unpaired) electrons. The lowest BCUT2D eigenvalue weighted by Gasteiger charge is -2.22. The Balaban J connectivity index is 2.31. The maximum Gasteiger partial charge on any atom is 0.126 e. The van der Waals surface area contributed by atoms with E-state index in [4.69, 9.17) is 22.7 Å². The van der Waals surface area contributed by atoms with Crippen molar-refractivity contribution < 1.29 is 0 Å². The lowest BCUT2D eigenvalue weighted by Crippen LogP contribution is -2.22. The van der Waals surface area contributed by atoms with Crippen molar-refractivity contribution in [3.05, 3.63) is 58.9 Å². The van der Waals surface area contributed by atoms with Crippen LogP contribution in [0, 0.1) is 5.41 Å². The van der Waals surface area contributed by atoms with Gasteiger partial charge in [0.1, 0.15) is 5.84 Å². The number of nitrogens with one attached hydrogen (secondary N) is 1. The van der Waals surface area contributed by atoms with Crippen LogP contribution >= 0.6 is 11.6 Å². The van der Waals surface area contributed by atoms with Crippen LogP contribution in [0.4, 0.5) is 5.69 Å². The van der Waals surface area contributed by atoms with Gasteiger partial charge in [0, 0.05) is 31.7 Å². The summed E-state index contributed by atoms with van der Waals surface area (Å²) in [6, 6.07) is 9.40. The largest absolute Gasteiger partial charge is 0.384 e. The summed E-state index contributed by atoms with van der Waals surface area (Å²) in [5.41, 5.74) is 8.15. The van der Waals surface area contributed by atoms with Gasteiger partial charge >= 0.3 is 0 Å². The van der Waals surface area contributed by atoms with Crippen molar-refractivity contribution in [2.75, 3.05) is 11.9 Å². The molecular formula is C14H15ClN4. The molecule has 98 valence electrons. The number of rotatable bonds is 4. The number of nitrogen functional groups attached to an aromatic ring is 1. The van der Waals surface area contributed by atoms with Crippen molar-refractivity contribution in [2.45, 2.75) is 6.54 Å². The Morgan fingerprint density at radius 3 is 2.63 bits per heavy atom. The van der Waals surface area contributed by atoms with Crippen LogP contribution in [0.1, 0.15) is 11.1 Å². The molecule has 0 saturated heterocycles. The molecule has 5 heteroatoms. The standard InChI is InChI=1S/C14H15ClN4/c1-19(9-10-5-7-18-8-6-10)12-4-2-3-11(15)13(12)14(16)17/h2-8H,9H2,1H3,(H3,16,17). The average Bonchev–Trinajstić information content (AvgIpc) is 2.39. The van der Waals surface area contributed by atoms with E-state index in [1.165, 1.54) is 0 Å². The number of pyridine rings is 1. The molecule has 0 atom stereocenters. The van der Waals surface area contributed by atoms with Gasteiger partial charge in [0.25, 0.3) is 0 Å². The van der Waals surface area contributed by atoms with Gasteiger partial charge in [-0.3, -0.25) is 10.4 Å². The van der Waals surface area contributed by atoms with Gasteiger partial charge in [0.15, 0.2) is 0 Å². The highest BCUT2D eigenvalue weighted by molar-refractivity contribution is 6.34. The van der Waals surface area contributed by atoms with E-state index in [9.17, 15) is 0 Å². The Bertz CT molecular complexity index is 583. The van der Waals surface area contributed by atoms with Crippen molar-refractivity contribution >= 4 is 23.1 Å². The fourth-order valence-corrected chi connectivity index (χ4v) is 2.22. The molecule has 0 aliphatic carbocycles. The van der Waals surface area contributed by atoms with Crippen molar-refractivity contribution in [2.24, 2.45) is 5.73 Å². The number of nitrogens with two attached hydrogens (primary N) is 1. The van der Waals surface area contributed by atoms with Crippen molar-refractivity contribution in [1.29, 1.82) is 5.41 Å². The summed E-state index contributed by atoms with van der Waals surface area (Å²) in [5, 5.41) is 8.14. The van der Waals surface area contributed by atoms with Gasteiger partial charge < -0.3 is 10.6 Å². The number of anilines is 1. The minimum absolute atomic E-state index is 0.0258. The maximum absolute atomic E-state index is 7.65. The predicted molar refractivity (Wildman–Crippen MR) is 78.8 cm³/mol. The molecule has 1 aromatic carbocycles. The number of aromatic nitrogens is 1. The third-order valence-corrected chi connectivity index (χ3v) is 3.16. The average molecular weight is 275 g/mol. The van der Waals surface area contributed by atoms with E-state index in [0.717, 1.165) is 11.3 Å². The van der Waals surface area contributed by atoms with E-state index in [1.807, 2.05) is 36.2 Å². The molecule has 2 aromatic rings. The van der Waals surface area contributed by atoms with Gasteiger partial charge in [-0.1, -0.05) is 17.7 Å². The summed E-state index contributed by atoms with van der Waals surface area (Å²) in [5.74, 6) is -0.0258. The monoisotopic (exact) mass is 274 g/mol. The minimum atomic E-state index is -0.0258. The van der Waals surface area contributed by atoms with Crippen LogP contribution in [0.5, 0.6) is 0 Å².